The van der Waals surface area contributed by atoms with E-state index in [0.29, 0.717) is 6.04 Å². The zero-order valence-electron chi connectivity index (χ0n) is 18.8. The number of para-hydroxylation sites is 1. The SMILES string of the molecule is CC1CCc2cccc(-c3cccc(C(NC(C)(C)C)c4ccccc4)n3)c2N1C. The Balaban J connectivity index is 1.79. The van der Waals surface area contributed by atoms with E-state index in [1.165, 1.54) is 28.8 Å². The maximum Gasteiger partial charge on any atom is 0.0755 e. The highest BCUT2D eigenvalue weighted by atomic mass is 15.1. The van der Waals surface area contributed by atoms with E-state index in [-0.39, 0.29) is 11.6 Å². The van der Waals surface area contributed by atoms with Crippen molar-refractivity contribution < 1.29 is 0 Å². The van der Waals surface area contributed by atoms with Crippen LogP contribution in [0.25, 0.3) is 11.3 Å². The van der Waals surface area contributed by atoms with Gasteiger partial charge in [0.1, 0.15) is 0 Å². The van der Waals surface area contributed by atoms with Crippen LogP contribution in [-0.2, 0) is 6.42 Å². The number of fused-ring (bicyclic) bond motifs is 1. The molecule has 0 saturated carbocycles. The van der Waals surface area contributed by atoms with E-state index in [2.05, 4.69) is 112 Å². The van der Waals surface area contributed by atoms with Crippen molar-refractivity contribution >= 4 is 5.69 Å². The van der Waals surface area contributed by atoms with E-state index < -0.39 is 0 Å². The molecule has 4 rings (SSSR count). The number of aryl methyl sites for hydroxylation is 1. The Hall–Kier alpha value is -2.65. The fraction of sp³-hybridized carbons (Fsp3) is 0.370. The van der Waals surface area contributed by atoms with Crippen molar-refractivity contribution in [3.05, 3.63) is 83.6 Å². The fourth-order valence-electron chi connectivity index (χ4n) is 4.36. The van der Waals surface area contributed by atoms with Crippen molar-refractivity contribution in [1.29, 1.82) is 0 Å². The first-order chi connectivity index (χ1) is 14.3. The summed E-state index contributed by atoms with van der Waals surface area (Å²) in [4.78, 5) is 7.60. The maximum atomic E-state index is 5.18. The van der Waals surface area contributed by atoms with Crippen LogP contribution < -0.4 is 10.2 Å². The van der Waals surface area contributed by atoms with Crippen LogP contribution in [0.2, 0.25) is 0 Å². The highest BCUT2D eigenvalue weighted by Crippen LogP contribution is 2.38. The van der Waals surface area contributed by atoms with Gasteiger partial charge in [-0.3, -0.25) is 4.98 Å². The van der Waals surface area contributed by atoms with Gasteiger partial charge in [0, 0.05) is 29.9 Å². The van der Waals surface area contributed by atoms with Gasteiger partial charge in [0.2, 0.25) is 0 Å². The van der Waals surface area contributed by atoms with Crippen molar-refractivity contribution in [2.45, 2.75) is 58.2 Å². The predicted octanol–water partition coefficient (Wildman–Crippen LogP) is 6.00. The standard InChI is InChI=1S/C27H33N3/c1-19-17-18-21-13-9-14-22(26(21)30(19)5)23-15-10-16-24(28-23)25(29-27(2,3)4)20-11-7-6-8-12-20/h6-16,19,25,29H,17-18H2,1-5H3. The Morgan fingerprint density at radius 1 is 0.967 bits per heavy atom. The molecule has 0 amide bonds. The molecule has 0 aliphatic carbocycles. The van der Waals surface area contributed by atoms with Crippen LogP contribution in [0.4, 0.5) is 5.69 Å². The molecule has 3 nitrogen and oxygen atoms in total. The third-order valence-corrected chi connectivity index (χ3v) is 6.02. The Morgan fingerprint density at radius 2 is 1.70 bits per heavy atom. The normalized spacial score (nSPS) is 17.5. The molecular formula is C27H33N3. The Labute approximate surface area is 181 Å². The molecule has 0 spiro atoms. The van der Waals surface area contributed by atoms with E-state index in [1.54, 1.807) is 0 Å². The summed E-state index contributed by atoms with van der Waals surface area (Å²) in [5, 5.41) is 3.77. The second-order valence-corrected chi connectivity index (χ2v) is 9.50. The number of rotatable bonds is 4. The molecule has 2 atom stereocenters. The molecule has 2 unspecified atom stereocenters. The Morgan fingerprint density at radius 3 is 2.43 bits per heavy atom. The van der Waals surface area contributed by atoms with Crippen LogP contribution in [0.5, 0.6) is 0 Å². The third-order valence-electron chi connectivity index (χ3n) is 6.02. The van der Waals surface area contributed by atoms with Crippen LogP contribution >= 0.6 is 0 Å². The molecule has 3 aromatic rings. The minimum Gasteiger partial charge on any atom is -0.371 e. The van der Waals surface area contributed by atoms with Crippen LogP contribution in [-0.4, -0.2) is 23.6 Å². The minimum absolute atomic E-state index is 0.0280. The van der Waals surface area contributed by atoms with Gasteiger partial charge < -0.3 is 10.2 Å². The summed E-state index contributed by atoms with van der Waals surface area (Å²) >= 11 is 0. The molecule has 2 heterocycles. The number of nitrogens with zero attached hydrogens (tertiary/aromatic N) is 2. The van der Waals surface area contributed by atoms with Crippen molar-refractivity contribution in [2.75, 3.05) is 11.9 Å². The monoisotopic (exact) mass is 399 g/mol. The lowest BCUT2D eigenvalue weighted by molar-refractivity contribution is 0.387. The predicted molar refractivity (Wildman–Crippen MR) is 127 cm³/mol. The largest absolute Gasteiger partial charge is 0.371 e. The van der Waals surface area contributed by atoms with Crippen LogP contribution in [0.3, 0.4) is 0 Å². The zero-order chi connectivity index (χ0) is 21.3. The van der Waals surface area contributed by atoms with Gasteiger partial charge in [-0.25, -0.2) is 0 Å². The van der Waals surface area contributed by atoms with Gasteiger partial charge in [-0.15, -0.1) is 0 Å². The van der Waals surface area contributed by atoms with Gasteiger partial charge in [-0.1, -0.05) is 54.6 Å². The van der Waals surface area contributed by atoms with Gasteiger partial charge in [-0.2, -0.15) is 0 Å². The third kappa shape index (κ3) is 4.27. The molecule has 0 saturated heterocycles. The van der Waals surface area contributed by atoms with Crippen molar-refractivity contribution in [3.8, 4) is 11.3 Å². The van der Waals surface area contributed by atoms with E-state index >= 15 is 0 Å². The lowest BCUT2D eigenvalue weighted by atomic mass is 9.92. The first kappa shape index (κ1) is 20.6. The number of hydrogen-bond donors (Lipinski definition) is 1. The molecule has 0 fully saturated rings. The first-order valence-corrected chi connectivity index (χ1v) is 11.0. The summed E-state index contributed by atoms with van der Waals surface area (Å²) in [6.45, 7) is 8.92. The van der Waals surface area contributed by atoms with Gasteiger partial charge in [0.25, 0.3) is 0 Å². The molecule has 0 radical (unpaired) electrons. The summed E-state index contributed by atoms with van der Waals surface area (Å²) in [7, 11) is 2.21. The van der Waals surface area contributed by atoms with E-state index in [4.69, 9.17) is 4.98 Å². The summed E-state index contributed by atoms with van der Waals surface area (Å²) in [6.07, 6.45) is 2.33. The summed E-state index contributed by atoms with van der Waals surface area (Å²) in [5.74, 6) is 0. The van der Waals surface area contributed by atoms with E-state index in [0.717, 1.165) is 17.8 Å². The molecule has 2 aromatic carbocycles. The van der Waals surface area contributed by atoms with Crippen molar-refractivity contribution in [3.63, 3.8) is 0 Å². The lowest BCUT2D eigenvalue weighted by Crippen LogP contribution is -2.39. The summed E-state index contributed by atoms with van der Waals surface area (Å²) < 4.78 is 0. The first-order valence-electron chi connectivity index (χ1n) is 11.0. The average Bonchev–Trinajstić information content (AvgIpc) is 2.74. The number of pyridine rings is 1. The molecule has 1 aliphatic rings. The van der Waals surface area contributed by atoms with Gasteiger partial charge in [-0.05, 0) is 63.8 Å². The lowest BCUT2D eigenvalue weighted by Gasteiger charge is -2.35. The smallest absolute Gasteiger partial charge is 0.0755 e. The number of hydrogen-bond acceptors (Lipinski definition) is 3. The summed E-state index contributed by atoms with van der Waals surface area (Å²) in [5.41, 5.74) is 7.29. The fourth-order valence-corrected chi connectivity index (χ4v) is 4.36. The average molecular weight is 400 g/mol. The quantitative estimate of drug-likeness (QED) is 0.583. The van der Waals surface area contributed by atoms with E-state index in [9.17, 15) is 0 Å². The van der Waals surface area contributed by atoms with Crippen LogP contribution in [0.15, 0.2) is 66.7 Å². The molecule has 1 aliphatic heterocycles. The number of aromatic nitrogens is 1. The number of nitrogens with one attached hydrogen (secondary N) is 1. The van der Waals surface area contributed by atoms with Crippen molar-refractivity contribution in [1.82, 2.24) is 10.3 Å². The number of benzene rings is 2. The molecule has 0 bridgehead atoms. The molecule has 1 N–H and O–H groups in total. The molecule has 30 heavy (non-hydrogen) atoms. The van der Waals surface area contributed by atoms with Crippen LogP contribution in [0.1, 0.15) is 57.0 Å². The van der Waals surface area contributed by atoms with Crippen molar-refractivity contribution in [2.24, 2.45) is 0 Å². The molecule has 3 heteroatoms. The van der Waals surface area contributed by atoms with Gasteiger partial charge in [0.05, 0.1) is 17.4 Å². The second kappa shape index (κ2) is 8.23. The minimum atomic E-state index is -0.0280. The summed E-state index contributed by atoms with van der Waals surface area (Å²) in [6, 6.07) is 24.3. The second-order valence-electron chi connectivity index (χ2n) is 9.50. The number of anilines is 1. The molecule has 1 aromatic heterocycles. The van der Waals surface area contributed by atoms with Crippen LogP contribution in [0, 0.1) is 0 Å². The highest BCUT2D eigenvalue weighted by molar-refractivity contribution is 5.80. The Bertz CT molecular complexity index is 1000. The van der Waals surface area contributed by atoms with Gasteiger partial charge in [0.15, 0.2) is 0 Å². The van der Waals surface area contributed by atoms with Gasteiger partial charge >= 0.3 is 0 Å². The molecule has 156 valence electrons. The highest BCUT2D eigenvalue weighted by Gasteiger charge is 2.25. The molecular weight excluding hydrogens is 366 g/mol. The maximum absolute atomic E-state index is 5.18. The topological polar surface area (TPSA) is 28.2 Å². The van der Waals surface area contributed by atoms with E-state index in [1.807, 2.05) is 0 Å². The Kier molecular flexibility index (Phi) is 5.66. The zero-order valence-corrected chi connectivity index (χ0v) is 18.8.